The van der Waals surface area contributed by atoms with Crippen LogP contribution >= 0.6 is 0 Å². The Bertz CT molecular complexity index is 925. The molecule has 2 aliphatic rings. The molecule has 0 unspecified atom stereocenters. The van der Waals surface area contributed by atoms with E-state index in [2.05, 4.69) is 33.2 Å². The number of fused-ring (bicyclic) bond motifs is 2. The number of aromatic nitrogens is 4. The number of benzene rings is 1. The summed E-state index contributed by atoms with van der Waals surface area (Å²) in [6, 6.07) is 6.31. The summed E-state index contributed by atoms with van der Waals surface area (Å²) >= 11 is 0. The number of hydrogen-bond acceptors (Lipinski definition) is 4. The Morgan fingerprint density at radius 1 is 1.05 bits per heavy atom. The molecule has 0 bridgehead atoms. The van der Waals surface area contributed by atoms with Crippen LogP contribution in [0.3, 0.4) is 0 Å². The molecule has 5 rings (SSSR count). The fourth-order valence-corrected chi connectivity index (χ4v) is 3.09. The maximum Gasteiger partial charge on any atom is 0.131 e. The van der Waals surface area contributed by atoms with E-state index in [4.69, 9.17) is 4.98 Å². The highest BCUT2D eigenvalue weighted by Gasteiger charge is 2.28. The van der Waals surface area contributed by atoms with E-state index < -0.39 is 0 Å². The fourth-order valence-electron chi connectivity index (χ4n) is 3.09. The number of nitrogens with zero attached hydrogens (tertiary/aromatic N) is 4. The monoisotopic (exact) mass is 286 g/mol. The van der Waals surface area contributed by atoms with Gasteiger partial charge in [0.15, 0.2) is 0 Å². The zero-order chi connectivity index (χ0) is 14.5. The van der Waals surface area contributed by atoms with Crippen LogP contribution in [-0.4, -0.2) is 19.9 Å². The van der Waals surface area contributed by atoms with Crippen LogP contribution in [0, 0.1) is 0 Å². The van der Waals surface area contributed by atoms with Gasteiger partial charge >= 0.3 is 0 Å². The van der Waals surface area contributed by atoms with E-state index in [1.54, 1.807) is 6.33 Å². The van der Waals surface area contributed by atoms with Gasteiger partial charge in [-0.2, -0.15) is 0 Å². The van der Waals surface area contributed by atoms with Crippen LogP contribution in [0.15, 0.2) is 43.0 Å². The minimum absolute atomic E-state index is 0.604. The molecule has 0 N–H and O–H groups in total. The zero-order valence-electron chi connectivity index (χ0n) is 12.0. The van der Waals surface area contributed by atoms with Gasteiger partial charge < -0.3 is 0 Å². The second-order valence-corrected chi connectivity index (χ2v) is 5.98. The van der Waals surface area contributed by atoms with E-state index in [0.29, 0.717) is 5.92 Å². The Labute approximate surface area is 128 Å². The lowest BCUT2D eigenvalue weighted by Gasteiger charge is -2.07. The quantitative estimate of drug-likeness (QED) is 0.725. The second kappa shape index (κ2) is 4.44. The molecule has 2 aromatic heterocycles. The van der Waals surface area contributed by atoms with E-state index in [0.717, 1.165) is 28.8 Å². The molecular weight excluding hydrogens is 272 g/mol. The van der Waals surface area contributed by atoms with Crippen molar-refractivity contribution in [3.63, 3.8) is 0 Å². The van der Waals surface area contributed by atoms with Gasteiger partial charge in [0.05, 0.1) is 11.2 Å². The van der Waals surface area contributed by atoms with Crippen LogP contribution < -0.4 is 0 Å². The SMILES string of the molecule is C1=C(c2ccc3ncncc3c2)c2cnc(C3CC3)nc2C1. The first-order valence-electron chi connectivity index (χ1n) is 7.65. The van der Waals surface area contributed by atoms with Gasteiger partial charge in [0.2, 0.25) is 0 Å². The molecule has 0 saturated heterocycles. The Kier molecular flexibility index (Phi) is 2.41. The topological polar surface area (TPSA) is 51.6 Å². The normalized spacial score (nSPS) is 16.6. The van der Waals surface area contributed by atoms with Crippen LogP contribution in [0.2, 0.25) is 0 Å². The molecule has 1 aromatic carbocycles. The summed E-state index contributed by atoms with van der Waals surface area (Å²) in [5.74, 6) is 1.63. The summed E-state index contributed by atoms with van der Waals surface area (Å²) in [5, 5.41) is 1.06. The summed E-state index contributed by atoms with van der Waals surface area (Å²) in [6.45, 7) is 0. The zero-order valence-corrected chi connectivity index (χ0v) is 12.0. The minimum Gasteiger partial charge on any atom is -0.244 e. The molecule has 0 spiro atoms. The maximum atomic E-state index is 4.77. The third kappa shape index (κ3) is 1.84. The van der Waals surface area contributed by atoms with Crippen molar-refractivity contribution in [2.24, 2.45) is 0 Å². The summed E-state index contributed by atoms with van der Waals surface area (Å²) in [5.41, 5.74) is 5.71. The summed E-state index contributed by atoms with van der Waals surface area (Å²) in [7, 11) is 0. The Morgan fingerprint density at radius 2 is 2.00 bits per heavy atom. The smallest absolute Gasteiger partial charge is 0.131 e. The summed E-state index contributed by atoms with van der Waals surface area (Å²) in [6.07, 6.45) is 11.1. The molecule has 4 nitrogen and oxygen atoms in total. The van der Waals surface area contributed by atoms with E-state index >= 15 is 0 Å². The van der Waals surface area contributed by atoms with Crippen molar-refractivity contribution in [3.05, 3.63) is 65.6 Å². The first-order valence-corrected chi connectivity index (χ1v) is 7.65. The molecule has 2 aliphatic carbocycles. The lowest BCUT2D eigenvalue weighted by molar-refractivity contribution is 0.894. The van der Waals surface area contributed by atoms with Crippen LogP contribution in [0.1, 0.15) is 41.4 Å². The van der Waals surface area contributed by atoms with Crippen LogP contribution in [0.4, 0.5) is 0 Å². The van der Waals surface area contributed by atoms with Crippen molar-refractivity contribution in [1.82, 2.24) is 19.9 Å². The standard InChI is InChI=1S/C18H14N4/c1-2-11(1)18-20-9-15-14(4-6-17(15)22-18)12-3-5-16-13(7-12)8-19-10-21-16/h3-5,7-11H,1-2,6H2. The summed E-state index contributed by atoms with van der Waals surface area (Å²) in [4.78, 5) is 17.7. The van der Waals surface area contributed by atoms with E-state index in [-0.39, 0.29) is 0 Å². The predicted octanol–water partition coefficient (Wildman–Crippen LogP) is 3.29. The Hall–Kier alpha value is -2.62. The minimum atomic E-state index is 0.604. The molecule has 3 aromatic rings. The van der Waals surface area contributed by atoms with Gasteiger partial charge in [-0.25, -0.2) is 19.9 Å². The molecule has 0 amide bonds. The lowest BCUT2D eigenvalue weighted by Crippen LogP contribution is -1.99. The van der Waals surface area contributed by atoms with Gasteiger partial charge in [-0.05, 0) is 36.1 Å². The Balaban J connectivity index is 1.58. The van der Waals surface area contributed by atoms with Gasteiger partial charge in [-0.3, -0.25) is 0 Å². The highest BCUT2D eigenvalue weighted by Crippen LogP contribution is 2.39. The van der Waals surface area contributed by atoms with Crippen molar-refractivity contribution in [2.75, 3.05) is 0 Å². The summed E-state index contributed by atoms with van der Waals surface area (Å²) < 4.78 is 0. The fraction of sp³-hybridized carbons (Fsp3) is 0.222. The van der Waals surface area contributed by atoms with Crippen molar-refractivity contribution in [2.45, 2.75) is 25.2 Å². The number of hydrogen-bond donors (Lipinski definition) is 0. The van der Waals surface area contributed by atoms with E-state index in [9.17, 15) is 0 Å². The highest BCUT2D eigenvalue weighted by molar-refractivity contribution is 5.89. The highest BCUT2D eigenvalue weighted by atomic mass is 14.9. The van der Waals surface area contributed by atoms with Crippen molar-refractivity contribution in [3.8, 4) is 0 Å². The van der Waals surface area contributed by atoms with Crippen molar-refractivity contribution >= 4 is 16.5 Å². The Morgan fingerprint density at radius 3 is 2.91 bits per heavy atom. The van der Waals surface area contributed by atoms with E-state index in [1.807, 2.05) is 18.5 Å². The molecule has 22 heavy (non-hydrogen) atoms. The van der Waals surface area contributed by atoms with Crippen LogP contribution in [-0.2, 0) is 6.42 Å². The van der Waals surface area contributed by atoms with Crippen molar-refractivity contribution in [1.29, 1.82) is 0 Å². The van der Waals surface area contributed by atoms with Crippen LogP contribution in [0.5, 0.6) is 0 Å². The molecule has 0 radical (unpaired) electrons. The molecule has 0 aliphatic heterocycles. The molecule has 4 heteroatoms. The third-order valence-corrected chi connectivity index (χ3v) is 4.43. The first kappa shape index (κ1) is 12.0. The number of rotatable bonds is 2. The molecule has 1 saturated carbocycles. The average molecular weight is 286 g/mol. The van der Waals surface area contributed by atoms with Gasteiger partial charge in [0.1, 0.15) is 12.2 Å². The molecular formula is C18H14N4. The molecule has 0 atom stereocenters. The van der Waals surface area contributed by atoms with Gasteiger partial charge in [0, 0.05) is 35.7 Å². The average Bonchev–Trinajstić information content (AvgIpc) is 3.34. The van der Waals surface area contributed by atoms with Gasteiger partial charge in [-0.15, -0.1) is 0 Å². The predicted molar refractivity (Wildman–Crippen MR) is 84.3 cm³/mol. The molecule has 106 valence electrons. The largest absolute Gasteiger partial charge is 0.244 e. The molecule has 2 heterocycles. The lowest BCUT2D eigenvalue weighted by atomic mass is 10.0. The van der Waals surface area contributed by atoms with E-state index in [1.165, 1.54) is 29.5 Å². The van der Waals surface area contributed by atoms with Gasteiger partial charge in [0.25, 0.3) is 0 Å². The van der Waals surface area contributed by atoms with Gasteiger partial charge in [-0.1, -0.05) is 12.1 Å². The third-order valence-electron chi connectivity index (χ3n) is 4.43. The first-order chi connectivity index (χ1) is 10.9. The molecule has 1 fully saturated rings. The van der Waals surface area contributed by atoms with Crippen LogP contribution in [0.25, 0.3) is 16.5 Å². The maximum absolute atomic E-state index is 4.77. The number of allylic oxidation sites excluding steroid dienone is 1. The van der Waals surface area contributed by atoms with Crippen molar-refractivity contribution < 1.29 is 0 Å². The second-order valence-electron chi connectivity index (χ2n) is 5.98.